The van der Waals surface area contributed by atoms with E-state index in [0.717, 1.165) is 22.9 Å². The molecule has 1 rings (SSSR count). The molecule has 0 spiro atoms. The molecule has 0 N–H and O–H groups in total. The van der Waals surface area contributed by atoms with Crippen molar-refractivity contribution in [3.05, 3.63) is 22.2 Å². The maximum Gasteiger partial charge on any atom is 0.0203 e. The summed E-state index contributed by atoms with van der Waals surface area (Å²) in [6.07, 6.45) is 8.69. The Morgan fingerprint density at radius 2 is 2.38 bits per heavy atom. The molecule has 13 heavy (non-hydrogen) atoms. The smallest absolute Gasteiger partial charge is 0.0203 e. The second-order valence-electron chi connectivity index (χ2n) is 4.00. The van der Waals surface area contributed by atoms with E-state index in [-0.39, 0.29) is 5.41 Å². The minimum absolute atomic E-state index is 0.135. The molecule has 1 atom stereocenters. The Bertz CT molecular complexity index is 236. The zero-order chi connectivity index (χ0) is 9.90. The van der Waals surface area contributed by atoms with Gasteiger partial charge in [0.05, 0.1) is 0 Å². The first-order valence-electron chi connectivity index (χ1n) is 4.73. The third kappa shape index (κ3) is 3.03. The van der Waals surface area contributed by atoms with Crippen molar-refractivity contribution < 1.29 is 0 Å². The summed E-state index contributed by atoms with van der Waals surface area (Å²) in [6.45, 7) is 4.12. The molecule has 1 aliphatic rings. The second-order valence-corrected chi connectivity index (χ2v) is 5.00. The van der Waals surface area contributed by atoms with E-state index in [1.165, 1.54) is 12.8 Å². The van der Waals surface area contributed by atoms with Crippen molar-refractivity contribution in [2.45, 2.75) is 39.5 Å². The van der Waals surface area contributed by atoms with Crippen molar-refractivity contribution >= 4 is 23.2 Å². The van der Waals surface area contributed by atoms with E-state index >= 15 is 0 Å². The molecule has 1 unspecified atom stereocenters. The third-order valence-electron chi connectivity index (χ3n) is 2.67. The molecule has 0 saturated carbocycles. The molecule has 0 aromatic heterocycles. The minimum Gasteiger partial charge on any atom is -0.0898 e. The van der Waals surface area contributed by atoms with Crippen LogP contribution in [0.2, 0.25) is 0 Å². The van der Waals surface area contributed by atoms with Crippen LogP contribution in [0, 0.1) is 5.41 Å². The monoisotopic (exact) mass is 218 g/mol. The molecule has 0 radical (unpaired) electrons. The lowest BCUT2D eigenvalue weighted by Crippen LogP contribution is -2.18. The van der Waals surface area contributed by atoms with Crippen LogP contribution >= 0.6 is 23.2 Å². The molecule has 1 aliphatic carbocycles. The van der Waals surface area contributed by atoms with Crippen LogP contribution in [0.4, 0.5) is 0 Å². The van der Waals surface area contributed by atoms with Gasteiger partial charge in [0.15, 0.2) is 0 Å². The Morgan fingerprint density at radius 1 is 1.69 bits per heavy atom. The molecule has 0 saturated heterocycles. The highest BCUT2D eigenvalue weighted by atomic mass is 35.5. The first-order valence-corrected chi connectivity index (χ1v) is 5.48. The van der Waals surface area contributed by atoms with Crippen LogP contribution in [0.25, 0.3) is 0 Å². The van der Waals surface area contributed by atoms with Crippen LogP contribution < -0.4 is 0 Å². The number of hydrogen-bond acceptors (Lipinski definition) is 0. The summed E-state index contributed by atoms with van der Waals surface area (Å²) < 4.78 is 0. The van der Waals surface area contributed by atoms with Crippen molar-refractivity contribution in [3.63, 3.8) is 0 Å². The first-order chi connectivity index (χ1) is 6.04. The van der Waals surface area contributed by atoms with Crippen molar-refractivity contribution in [1.82, 2.24) is 0 Å². The van der Waals surface area contributed by atoms with Crippen LogP contribution in [0.1, 0.15) is 39.5 Å². The van der Waals surface area contributed by atoms with Gasteiger partial charge in [-0.05, 0) is 32.6 Å². The van der Waals surface area contributed by atoms with Crippen LogP contribution in [-0.4, -0.2) is 0 Å². The standard InChI is InChI=1S/C11H16Cl2/c1-9(12)6-8-11(2)7-4-3-5-10(11)13/h5-6H,3-4,7-8H2,1-2H3/b9-6-. The molecule has 0 nitrogen and oxygen atoms in total. The summed E-state index contributed by atoms with van der Waals surface area (Å²) in [5.41, 5.74) is 0.135. The molecule has 2 heteroatoms. The van der Waals surface area contributed by atoms with E-state index in [4.69, 9.17) is 23.2 Å². The zero-order valence-electron chi connectivity index (χ0n) is 8.24. The number of rotatable bonds is 2. The SMILES string of the molecule is C/C(Cl)=C/CC1(C)CCCC=C1Cl. The van der Waals surface area contributed by atoms with Gasteiger partial charge in [-0.15, -0.1) is 0 Å². The molecule has 0 aromatic carbocycles. The maximum absolute atomic E-state index is 6.20. The zero-order valence-corrected chi connectivity index (χ0v) is 9.75. The molecular formula is C11H16Cl2. The van der Waals surface area contributed by atoms with Crippen molar-refractivity contribution in [3.8, 4) is 0 Å². The Kier molecular flexibility index (Phi) is 3.87. The summed E-state index contributed by atoms with van der Waals surface area (Å²) in [6, 6.07) is 0. The van der Waals surface area contributed by atoms with Gasteiger partial charge in [0.2, 0.25) is 0 Å². The fourth-order valence-corrected chi connectivity index (χ4v) is 2.01. The van der Waals surface area contributed by atoms with Crippen molar-refractivity contribution in [2.24, 2.45) is 5.41 Å². The summed E-state index contributed by atoms with van der Waals surface area (Å²) >= 11 is 12.0. The van der Waals surface area contributed by atoms with Crippen LogP contribution in [0.5, 0.6) is 0 Å². The van der Waals surface area contributed by atoms with E-state index in [9.17, 15) is 0 Å². The largest absolute Gasteiger partial charge is 0.0898 e. The fourth-order valence-electron chi connectivity index (χ4n) is 1.65. The average molecular weight is 219 g/mol. The molecular weight excluding hydrogens is 203 g/mol. The van der Waals surface area contributed by atoms with Gasteiger partial charge in [-0.2, -0.15) is 0 Å². The van der Waals surface area contributed by atoms with E-state index in [1.807, 2.05) is 6.92 Å². The average Bonchev–Trinajstić information content (AvgIpc) is 2.07. The molecule has 0 fully saturated rings. The van der Waals surface area contributed by atoms with Gasteiger partial charge in [-0.25, -0.2) is 0 Å². The summed E-state index contributed by atoms with van der Waals surface area (Å²) in [7, 11) is 0. The van der Waals surface area contributed by atoms with Gasteiger partial charge in [0.1, 0.15) is 0 Å². The normalized spacial score (nSPS) is 30.2. The quantitative estimate of drug-likeness (QED) is 0.623. The van der Waals surface area contributed by atoms with Crippen molar-refractivity contribution in [2.75, 3.05) is 0 Å². The van der Waals surface area contributed by atoms with Gasteiger partial charge >= 0.3 is 0 Å². The van der Waals surface area contributed by atoms with E-state index < -0.39 is 0 Å². The third-order valence-corrected chi connectivity index (χ3v) is 3.43. The molecule has 0 amide bonds. The Balaban J connectivity index is 2.69. The van der Waals surface area contributed by atoms with Gasteiger partial charge in [-0.1, -0.05) is 42.3 Å². The van der Waals surface area contributed by atoms with E-state index in [2.05, 4.69) is 19.1 Å². The minimum atomic E-state index is 0.135. The maximum atomic E-state index is 6.20. The Hall–Kier alpha value is 0.0600. The molecule has 0 aliphatic heterocycles. The van der Waals surface area contributed by atoms with Crippen LogP contribution in [0.15, 0.2) is 22.2 Å². The lowest BCUT2D eigenvalue weighted by atomic mass is 9.78. The number of halogens is 2. The first kappa shape index (κ1) is 11.1. The summed E-state index contributed by atoms with van der Waals surface area (Å²) in [5.74, 6) is 0. The summed E-state index contributed by atoms with van der Waals surface area (Å²) in [5, 5.41) is 1.86. The highest BCUT2D eigenvalue weighted by molar-refractivity contribution is 6.30. The van der Waals surface area contributed by atoms with Crippen molar-refractivity contribution in [1.29, 1.82) is 0 Å². The highest BCUT2D eigenvalue weighted by Crippen LogP contribution is 2.42. The predicted molar refractivity (Wildman–Crippen MR) is 60.1 cm³/mol. The van der Waals surface area contributed by atoms with E-state index in [1.54, 1.807) is 0 Å². The predicted octanol–water partition coefficient (Wildman–Crippen LogP) is 4.83. The fraction of sp³-hybridized carbons (Fsp3) is 0.636. The molecule has 0 heterocycles. The van der Waals surface area contributed by atoms with Gasteiger partial charge in [-0.3, -0.25) is 0 Å². The van der Waals surface area contributed by atoms with Crippen LogP contribution in [-0.2, 0) is 0 Å². The number of allylic oxidation sites excluding steroid dienone is 4. The Labute approximate surface area is 90.6 Å². The topological polar surface area (TPSA) is 0 Å². The number of hydrogen-bond donors (Lipinski definition) is 0. The van der Waals surface area contributed by atoms with Gasteiger partial charge in [0.25, 0.3) is 0 Å². The molecule has 0 bridgehead atoms. The highest BCUT2D eigenvalue weighted by Gasteiger charge is 2.28. The van der Waals surface area contributed by atoms with Crippen LogP contribution in [0.3, 0.4) is 0 Å². The summed E-state index contributed by atoms with van der Waals surface area (Å²) in [4.78, 5) is 0. The van der Waals surface area contributed by atoms with Gasteiger partial charge < -0.3 is 0 Å². The van der Waals surface area contributed by atoms with E-state index in [0.29, 0.717) is 0 Å². The van der Waals surface area contributed by atoms with Gasteiger partial charge in [0, 0.05) is 15.5 Å². The lowest BCUT2D eigenvalue weighted by molar-refractivity contribution is 0.359. The Morgan fingerprint density at radius 3 is 2.92 bits per heavy atom. The molecule has 0 aromatic rings. The molecule has 74 valence electrons. The lowest BCUT2D eigenvalue weighted by Gasteiger charge is -2.31. The second kappa shape index (κ2) is 4.52.